The molecule has 0 aliphatic carbocycles. The molecule has 0 fully saturated rings. The number of nitrogens with zero attached hydrogens (tertiary/aromatic N) is 2. The highest BCUT2D eigenvalue weighted by Crippen LogP contribution is 2.37. The minimum absolute atomic E-state index is 0.0418. The molecule has 178 valence electrons. The topological polar surface area (TPSA) is 80.5 Å². The predicted octanol–water partition coefficient (Wildman–Crippen LogP) is 5.34. The second-order valence-corrected chi connectivity index (χ2v) is 9.66. The lowest BCUT2D eigenvalue weighted by molar-refractivity contribution is -0.108. The number of hydrogen-bond donors (Lipinski definition) is 2. The van der Waals surface area contributed by atoms with Gasteiger partial charge in [-0.3, -0.25) is 0 Å². The zero-order chi connectivity index (χ0) is 24.1. The Morgan fingerprint density at radius 1 is 1.26 bits per heavy atom. The summed E-state index contributed by atoms with van der Waals surface area (Å²) in [5.41, 5.74) is 13.8. The molecule has 0 saturated carbocycles. The number of aldehydes is 1. The normalized spacial score (nSPS) is 14.6. The number of nitrogen functional groups attached to an aromatic ring is 1. The minimum Gasteiger partial charge on any atom is -0.475 e. The molecule has 1 aromatic heterocycles. The first-order valence-corrected chi connectivity index (χ1v) is 12.5. The quantitative estimate of drug-likeness (QED) is 0.258. The van der Waals surface area contributed by atoms with E-state index in [9.17, 15) is 4.79 Å². The third-order valence-corrected chi connectivity index (χ3v) is 7.37. The lowest BCUT2D eigenvalue weighted by Crippen LogP contribution is -2.20. The molecule has 34 heavy (non-hydrogen) atoms. The molecule has 1 aliphatic heterocycles. The first-order valence-electron chi connectivity index (χ1n) is 11.7. The summed E-state index contributed by atoms with van der Waals surface area (Å²) in [6, 6.07) is 14.6. The van der Waals surface area contributed by atoms with Crippen LogP contribution in [0.25, 0.3) is 0 Å². The molecule has 1 atom stereocenters. The molecule has 2 heterocycles. The van der Waals surface area contributed by atoms with Gasteiger partial charge in [0.1, 0.15) is 12.9 Å². The maximum Gasteiger partial charge on any atom is 0.228 e. The molecule has 6 nitrogen and oxygen atoms in total. The van der Waals surface area contributed by atoms with E-state index in [1.807, 2.05) is 25.1 Å². The van der Waals surface area contributed by atoms with Gasteiger partial charge in [0, 0.05) is 38.2 Å². The van der Waals surface area contributed by atoms with Crippen molar-refractivity contribution in [3.05, 3.63) is 76.5 Å². The Morgan fingerprint density at radius 3 is 2.91 bits per heavy atom. The number of nitrogens with one attached hydrogen (secondary N) is 1. The standard InChI is InChI=1S/C27H32N4O2S/c1-4-29-24-10-9-22(19(3)26(24)28)23(11-14-32)20-8-7-18(2)21(16-20)17-31-13-15-33-27-25(34-31)6-5-12-30-27/h5-10,12,14,16,23,29H,4,11,13,15,17,28H2,1-3H3/t23-/m0/s1. The molecule has 0 spiro atoms. The van der Waals surface area contributed by atoms with Crippen LogP contribution in [0.15, 0.2) is 53.6 Å². The number of rotatable bonds is 8. The van der Waals surface area contributed by atoms with Gasteiger partial charge in [-0.1, -0.05) is 24.3 Å². The summed E-state index contributed by atoms with van der Waals surface area (Å²) >= 11 is 1.68. The third-order valence-electron chi connectivity index (χ3n) is 6.30. The maximum absolute atomic E-state index is 11.7. The molecular weight excluding hydrogens is 444 g/mol. The predicted molar refractivity (Wildman–Crippen MR) is 139 cm³/mol. The molecule has 3 aromatic rings. The summed E-state index contributed by atoms with van der Waals surface area (Å²) in [5.74, 6) is 0.653. The number of benzene rings is 2. The molecule has 0 amide bonds. The number of aryl methyl sites for hydroxylation is 1. The second-order valence-electron chi connectivity index (χ2n) is 8.52. The molecule has 0 unspecified atom stereocenters. The fourth-order valence-electron chi connectivity index (χ4n) is 4.37. The number of anilines is 2. The summed E-state index contributed by atoms with van der Waals surface area (Å²) in [6.07, 6.45) is 3.17. The second kappa shape index (κ2) is 10.9. The van der Waals surface area contributed by atoms with Gasteiger partial charge in [-0.2, -0.15) is 0 Å². The first kappa shape index (κ1) is 24.1. The van der Waals surface area contributed by atoms with Crippen LogP contribution in [0.2, 0.25) is 0 Å². The van der Waals surface area contributed by atoms with Crippen molar-refractivity contribution in [2.24, 2.45) is 0 Å². The van der Waals surface area contributed by atoms with Crippen molar-refractivity contribution < 1.29 is 9.53 Å². The van der Waals surface area contributed by atoms with Crippen molar-refractivity contribution in [2.45, 2.75) is 44.6 Å². The van der Waals surface area contributed by atoms with Gasteiger partial charge >= 0.3 is 0 Å². The number of hydrogen-bond acceptors (Lipinski definition) is 7. The van der Waals surface area contributed by atoms with Crippen molar-refractivity contribution in [3.8, 4) is 5.88 Å². The van der Waals surface area contributed by atoms with Crippen molar-refractivity contribution in [1.82, 2.24) is 9.29 Å². The Labute approximate surface area is 206 Å². The van der Waals surface area contributed by atoms with Crippen molar-refractivity contribution in [2.75, 3.05) is 30.7 Å². The smallest absolute Gasteiger partial charge is 0.228 e. The molecule has 7 heteroatoms. The van der Waals surface area contributed by atoms with Gasteiger partial charge in [0.15, 0.2) is 0 Å². The Bertz CT molecular complexity index is 1170. The van der Waals surface area contributed by atoms with Crippen LogP contribution in [0.1, 0.15) is 47.1 Å². The zero-order valence-corrected chi connectivity index (χ0v) is 20.8. The summed E-state index contributed by atoms with van der Waals surface area (Å²) in [6.45, 7) is 9.20. The minimum atomic E-state index is -0.0418. The van der Waals surface area contributed by atoms with Crippen LogP contribution in [0.4, 0.5) is 11.4 Å². The summed E-state index contributed by atoms with van der Waals surface area (Å²) < 4.78 is 8.13. The molecule has 4 rings (SSSR count). The van der Waals surface area contributed by atoms with Crippen LogP contribution < -0.4 is 15.8 Å². The molecule has 2 aromatic carbocycles. The van der Waals surface area contributed by atoms with Crippen LogP contribution >= 0.6 is 11.9 Å². The van der Waals surface area contributed by atoms with E-state index < -0.39 is 0 Å². The fraction of sp³-hybridized carbons (Fsp3) is 0.333. The Balaban J connectivity index is 1.63. The van der Waals surface area contributed by atoms with Crippen LogP contribution in [0, 0.1) is 13.8 Å². The van der Waals surface area contributed by atoms with E-state index in [1.54, 1.807) is 18.1 Å². The van der Waals surface area contributed by atoms with E-state index in [-0.39, 0.29) is 5.92 Å². The van der Waals surface area contributed by atoms with Gasteiger partial charge in [0.05, 0.1) is 16.3 Å². The van der Waals surface area contributed by atoms with E-state index in [2.05, 4.69) is 52.7 Å². The van der Waals surface area contributed by atoms with Crippen LogP contribution in [0.5, 0.6) is 5.88 Å². The molecule has 0 saturated heterocycles. The summed E-state index contributed by atoms with van der Waals surface area (Å²) in [5, 5.41) is 3.31. The number of pyridine rings is 1. The average Bonchev–Trinajstić information content (AvgIpc) is 3.04. The number of aromatic nitrogens is 1. The SMILES string of the molecule is CCNc1ccc([C@@H](CC=O)c2ccc(C)c(CN3CCOc4ncccc4S3)c2)c(C)c1N. The van der Waals surface area contributed by atoms with Crippen molar-refractivity contribution >= 4 is 29.6 Å². The van der Waals surface area contributed by atoms with Crippen molar-refractivity contribution in [1.29, 1.82) is 0 Å². The lowest BCUT2D eigenvalue weighted by atomic mass is 9.84. The van der Waals surface area contributed by atoms with E-state index in [0.717, 1.165) is 58.9 Å². The number of fused-ring (bicyclic) bond motifs is 1. The fourth-order valence-corrected chi connectivity index (χ4v) is 5.35. The number of nitrogens with two attached hydrogens (primary N) is 1. The first-order chi connectivity index (χ1) is 16.5. The lowest BCUT2D eigenvalue weighted by Gasteiger charge is -2.23. The van der Waals surface area contributed by atoms with Gasteiger partial charge in [-0.15, -0.1) is 0 Å². The molecular formula is C27H32N4O2S. The highest BCUT2D eigenvalue weighted by atomic mass is 32.2. The average molecular weight is 477 g/mol. The highest BCUT2D eigenvalue weighted by molar-refractivity contribution is 7.97. The van der Waals surface area contributed by atoms with Gasteiger partial charge in [-0.25, -0.2) is 9.29 Å². The van der Waals surface area contributed by atoms with Crippen molar-refractivity contribution in [3.63, 3.8) is 0 Å². The summed E-state index contributed by atoms with van der Waals surface area (Å²) in [4.78, 5) is 17.0. The number of carbonyl (C=O) groups excluding carboxylic acids is 1. The highest BCUT2D eigenvalue weighted by Gasteiger charge is 2.21. The molecule has 1 aliphatic rings. The molecule has 0 bridgehead atoms. The Hall–Kier alpha value is -3.03. The van der Waals surface area contributed by atoms with Crippen LogP contribution in [-0.4, -0.2) is 35.3 Å². The van der Waals surface area contributed by atoms with Crippen LogP contribution in [-0.2, 0) is 11.3 Å². The van der Waals surface area contributed by atoms with E-state index in [0.29, 0.717) is 18.9 Å². The molecule has 0 radical (unpaired) electrons. The monoisotopic (exact) mass is 476 g/mol. The van der Waals surface area contributed by atoms with Gasteiger partial charge in [-0.05, 0) is 78.7 Å². The third kappa shape index (κ3) is 5.21. The van der Waals surface area contributed by atoms with E-state index in [1.165, 1.54) is 11.1 Å². The van der Waals surface area contributed by atoms with Gasteiger partial charge in [0.2, 0.25) is 5.88 Å². The van der Waals surface area contributed by atoms with E-state index in [4.69, 9.17) is 10.5 Å². The number of carbonyl (C=O) groups is 1. The van der Waals surface area contributed by atoms with E-state index >= 15 is 0 Å². The Morgan fingerprint density at radius 2 is 2.12 bits per heavy atom. The number of ether oxygens (including phenoxy) is 1. The largest absolute Gasteiger partial charge is 0.475 e. The maximum atomic E-state index is 11.7. The van der Waals surface area contributed by atoms with Gasteiger partial charge in [0.25, 0.3) is 0 Å². The van der Waals surface area contributed by atoms with Crippen LogP contribution in [0.3, 0.4) is 0 Å². The zero-order valence-electron chi connectivity index (χ0n) is 20.0. The van der Waals surface area contributed by atoms with Gasteiger partial charge < -0.3 is 20.6 Å². The Kier molecular flexibility index (Phi) is 7.75. The molecule has 3 N–H and O–H groups in total. The summed E-state index contributed by atoms with van der Waals surface area (Å²) in [7, 11) is 0.